The number of hydrogen-bond acceptors (Lipinski definition) is 2. The Morgan fingerprint density at radius 1 is 1.53 bits per heavy atom. The lowest BCUT2D eigenvalue weighted by atomic mass is 9.82. The molecule has 0 spiro atoms. The van der Waals surface area contributed by atoms with E-state index in [1.807, 2.05) is 13.0 Å². The second-order valence-electron chi connectivity index (χ2n) is 4.87. The molecule has 2 atom stereocenters. The van der Waals surface area contributed by atoms with Gasteiger partial charge in [-0.1, -0.05) is 19.1 Å². The minimum absolute atomic E-state index is 0.0745. The number of benzene rings is 1. The van der Waals surface area contributed by atoms with Gasteiger partial charge in [0.2, 0.25) is 0 Å². The number of ether oxygens (including phenoxy) is 1. The molecule has 2 rings (SSSR count). The predicted octanol–water partition coefficient (Wildman–Crippen LogP) is 2.63. The molecule has 2 unspecified atom stereocenters. The molecule has 1 aliphatic carbocycles. The molecule has 0 aliphatic heterocycles. The number of aliphatic hydroxyl groups is 1. The summed E-state index contributed by atoms with van der Waals surface area (Å²) in [4.78, 5) is 0. The maximum atomic E-state index is 13.6. The summed E-state index contributed by atoms with van der Waals surface area (Å²) in [6, 6.07) is 4.98. The van der Waals surface area contributed by atoms with E-state index in [9.17, 15) is 9.50 Å². The molecular weight excluding hydrogens is 219 g/mol. The van der Waals surface area contributed by atoms with Crippen LogP contribution in [0, 0.1) is 11.7 Å². The highest BCUT2D eigenvalue weighted by atomic mass is 19.1. The molecule has 1 aromatic rings. The third-order valence-corrected chi connectivity index (χ3v) is 3.91. The van der Waals surface area contributed by atoms with Gasteiger partial charge in [0, 0.05) is 13.7 Å². The van der Waals surface area contributed by atoms with E-state index in [0.717, 1.165) is 12.0 Å². The van der Waals surface area contributed by atoms with Crippen molar-refractivity contribution in [3.63, 3.8) is 0 Å². The van der Waals surface area contributed by atoms with E-state index in [2.05, 4.69) is 0 Å². The largest absolute Gasteiger partial charge is 0.385 e. The van der Waals surface area contributed by atoms with Crippen LogP contribution >= 0.6 is 0 Å². The van der Waals surface area contributed by atoms with Crippen LogP contribution in [0.3, 0.4) is 0 Å². The first-order valence-corrected chi connectivity index (χ1v) is 6.08. The molecule has 1 N–H and O–H groups in total. The first-order chi connectivity index (χ1) is 8.09. The molecule has 3 heteroatoms. The summed E-state index contributed by atoms with van der Waals surface area (Å²) < 4.78 is 18.7. The zero-order valence-corrected chi connectivity index (χ0v) is 10.4. The van der Waals surface area contributed by atoms with E-state index in [1.54, 1.807) is 13.2 Å². The zero-order chi connectivity index (χ0) is 12.5. The zero-order valence-electron chi connectivity index (χ0n) is 10.4. The van der Waals surface area contributed by atoms with Gasteiger partial charge in [-0.25, -0.2) is 4.39 Å². The van der Waals surface area contributed by atoms with Crippen LogP contribution < -0.4 is 0 Å². The Balaban J connectivity index is 2.27. The van der Waals surface area contributed by atoms with E-state index in [1.165, 1.54) is 6.07 Å². The van der Waals surface area contributed by atoms with Gasteiger partial charge >= 0.3 is 0 Å². The first-order valence-electron chi connectivity index (χ1n) is 6.08. The fourth-order valence-corrected chi connectivity index (χ4v) is 2.71. The van der Waals surface area contributed by atoms with Gasteiger partial charge in [-0.3, -0.25) is 0 Å². The Bertz CT molecular complexity index is 405. The summed E-state index contributed by atoms with van der Waals surface area (Å²) in [5.41, 5.74) is 0.552. The molecule has 2 nitrogen and oxygen atoms in total. The summed E-state index contributed by atoms with van der Waals surface area (Å²) in [7, 11) is 1.65. The highest BCUT2D eigenvalue weighted by molar-refractivity contribution is 5.38. The lowest BCUT2D eigenvalue weighted by Gasteiger charge is -2.31. The molecule has 0 aromatic heterocycles. The Morgan fingerprint density at radius 2 is 2.29 bits per heavy atom. The van der Waals surface area contributed by atoms with Crippen molar-refractivity contribution < 1.29 is 14.2 Å². The smallest absolute Gasteiger partial charge is 0.126 e. The van der Waals surface area contributed by atoms with Crippen molar-refractivity contribution in [1.82, 2.24) is 0 Å². The molecule has 0 bridgehead atoms. The van der Waals surface area contributed by atoms with Crippen molar-refractivity contribution in [1.29, 1.82) is 0 Å². The predicted molar refractivity (Wildman–Crippen MR) is 64.3 cm³/mol. The summed E-state index contributed by atoms with van der Waals surface area (Å²) in [5, 5.41) is 10.7. The van der Waals surface area contributed by atoms with Crippen LogP contribution in [-0.4, -0.2) is 18.8 Å². The lowest BCUT2D eigenvalue weighted by Crippen LogP contribution is -2.31. The van der Waals surface area contributed by atoms with Crippen molar-refractivity contribution in [3.05, 3.63) is 35.1 Å². The van der Waals surface area contributed by atoms with Crippen LogP contribution in [0.5, 0.6) is 0 Å². The number of halogens is 1. The Kier molecular flexibility index (Phi) is 3.50. The van der Waals surface area contributed by atoms with Crippen molar-refractivity contribution in [3.8, 4) is 0 Å². The van der Waals surface area contributed by atoms with Crippen molar-refractivity contribution in [2.24, 2.45) is 5.92 Å². The highest BCUT2D eigenvalue weighted by Gasteiger charge is 2.41. The van der Waals surface area contributed by atoms with Crippen LogP contribution in [0.1, 0.15) is 30.9 Å². The third-order valence-electron chi connectivity index (χ3n) is 3.91. The highest BCUT2D eigenvalue weighted by Crippen LogP contribution is 2.44. The molecule has 17 heavy (non-hydrogen) atoms. The fourth-order valence-electron chi connectivity index (χ4n) is 2.71. The van der Waals surface area contributed by atoms with Gasteiger partial charge in [-0.2, -0.15) is 0 Å². The standard InChI is InChI=1S/C14H19FO2/c1-10(7-9-17-2)14(16)8-6-11-12(14)4-3-5-13(11)15/h3-5,10,16H,6-9H2,1-2H3. The molecule has 94 valence electrons. The van der Waals surface area contributed by atoms with E-state index >= 15 is 0 Å². The summed E-state index contributed by atoms with van der Waals surface area (Å²) in [6.07, 6.45) is 2.01. The number of fused-ring (bicyclic) bond motifs is 1. The Labute approximate surface area is 101 Å². The quantitative estimate of drug-likeness (QED) is 0.873. The van der Waals surface area contributed by atoms with Gasteiger partial charge in [0.25, 0.3) is 0 Å². The number of methoxy groups -OCH3 is 1. The maximum Gasteiger partial charge on any atom is 0.126 e. The number of rotatable bonds is 4. The monoisotopic (exact) mass is 238 g/mol. The Morgan fingerprint density at radius 3 is 3.00 bits per heavy atom. The summed E-state index contributed by atoms with van der Waals surface area (Å²) in [6.45, 7) is 2.62. The second-order valence-corrected chi connectivity index (χ2v) is 4.87. The normalized spacial score (nSPS) is 24.7. The lowest BCUT2D eigenvalue weighted by molar-refractivity contribution is -0.0262. The molecule has 0 saturated carbocycles. The minimum atomic E-state index is -0.893. The van der Waals surface area contributed by atoms with Gasteiger partial charge in [0.1, 0.15) is 5.82 Å². The number of hydrogen-bond donors (Lipinski definition) is 1. The average molecular weight is 238 g/mol. The minimum Gasteiger partial charge on any atom is -0.385 e. The molecule has 0 amide bonds. The summed E-state index contributed by atoms with van der Waals surface area (Å²) >= 11 is 0. The van der Waals surface area contributed by atoms with E-state index in [4.69, 9.17) is 4.74 Å². The average Bonchev–Trinajstić information content (AvgIpc) is 2.67. The van der Waals surface area contributed by atoms with E-state index in [-0.39, 0.29) is 11.7 Å². The molecular formula is C14H19FO2. The van der Waals surface area contributed by atoms with Gasteiger partial charge in [0.05, 0.1) is 5.60 Å². The van der Waals surface area contributed by atoms with Crippen LogP contribution in [0.15, 0.2) is 18.2 Å². The topological polar surface area (TPSA) is 29.5 Å². The molecule has 0 radical (unpaired) electrons. The SMILES string of the molecule is COCCC(C)C1(O)CCc2c(F)cccc21. The molecule has 0 heterocycles. The van der Waals surface area contributed by atoms with Crippen molar-refractivity contribution in [2.45, 2.75) is 31.8 Å². The van der Waals surface area contributed by atoms with Crippen molar-refractivity contribution >= 4 is 0 Å². The van der Waals surface area contributed by atoms with E-state index < -0.39 is 5.60 Å². The second kappa shape index (κ2) is 4.75. The molecule has 0 saturated heterocycles. The Hall–Kier alpha value is -0.930. The summed E-state index contributed by atoms with van der Waals surface area (Å²) in [5.74, 6) is -0.122. The molecule has 1 aliphatic rings. The van der Waals surface area contributed by atoms with Crippen LogP contribution in [-0.2, 0) is 16.8 Å². The maximum absolute atomic E-state index is 13.6. The van der Waals surface area contributed by atoms with E-state index in [0.29, 0.717) is 25.0 Å². The van der Waals surface area contributed by atoms with Gasteiger partial charge < -0.3 is 9.84 Å². The van der Waals surface area contributed by atoms with Crippen LogP contribution in [0.25, 0.3) is 0 Å². The fraction of sp³-hybridized carbons (Fsp3) is 0.571. The van der Waals surface area contributed by atoms with Gasteiger partial charge in [0.15, 0.2) is 0 Å². The molecule has 0 fully saturated rings. The third kappa shape index (κ3) is 2.09. The molecule has 1 aromatic carbocycles. The first kappa shape index (κ1) is 12.5. The van der Waals surface area contributed by atoms with Crippen LogP contribution in [0.4, 0.5) is 4.39 Å². The van der Waals surface area contributed by atoms with Crippen LogP contribution in [0.2, 0.25) is 0 Å². The van der Waals surface area contributed by atoms with Crippen molar-refractivity contribution in [2.75, 3.05) is 13.7 Å². The van der Waals surface area contributed by atoms with Gasteiger partial charge in [-0.15, -0.1) is 0 Å². The van der Waals surface area contributed by atoms with Gasteiger partial charge in [-0.05, 0) is 42.4 Å².